The second-order valence-corrected chi connectivity index (χ2v) is 13.0. The number of anilines is 1. The molecular formula is C36H34Cl2N4O5. The van der Waals surface area contributed by atoms with Crippen LogP contribution in [0.2, 0.25) is 10.0 Å². The van der Waals surface area contributed by atoms with Crippen LogP contribution in [0.4, 0.5) is 5.69 Å². The van der Waals surface area contributed by atoms with Crippen molar-refractivity contribution in [3.8, 4) is 11.1 Å². The summed E-state index contributed by atoms with van der Waals surface area (Å²) in [7, 11) is 1.67. The van der Waals surface area contributed by atoms with Crippen molar-refractivity contribution in [3.63, 3.8) is 0 Å². The lowest BCUT2D eigenvalue weighted by Crippen LogP contribution is -2.45. The normalized spacial score (nSPS) is 14.8. The first kappa shape index (κ1) is 33.6. The molecule has 242 valence electrons. The Hall–Kier alpha value is -4.73. The van der Waals surface area contributed by atoms with E-state index in [4.69, 9.17) is 27.9 Å². The largest absolute Gasteiger partial charge is 0.461 e. The fourth-order valence-electron chi connectivity index (χ4n) is 5.23. The quantitative estimate of drug-likeness (QED) is 0.199. The molecule has 5 rings (SSSR count). The van der Waals surface area contributed by atoms with Gasteiger partial charge in [0.25, 0.3) is 11.8 Å². The van der Waals surface area contributed by atoms with Gasteiger partial charge in [-0.25, -0.2) is 4.79 Å². The number of esters is 1. The number of hydrogen-bond donors (Lipinski definition) is 1. The molecule has 3 aromatic carbocycles. The van der Waals surface area contributed by atoms with E-state index in [0.717, 1.165) is 11.1 Å². The molecule has 3 amide bonds. The van der Waals surface area contributed by atoms with Gasteiger partial charge >= 0.3 is 5.97 Å². The Morgan fingerprint density at radius 1 is 0.915 bits per heavy atom. The number of fused-ring (bicyclic) bond motifs is 1. The number of aromatic nitrogens is 1. The summed E-state index contributed by atoms with van der Waals surface area (Å²) in [5.41, 5.74) is 3.52. The second-order valence-electron chi connectivity index (χ2n) is 12.2. The first-order valence-electron chi connectivity index (χ1n) is 15.0. The highest BCUT2D eigenvalue weighted by molar-refractivity contribution is 6.42. The Labute approximate surface area is 283 Å². The van der Waals surface area contributed by atoms with Crippen LogP contribution in [0.15, 0.2) is 85.2 Å². The molecule has 0 saturated carbocycles. The molecular weight excluding hydrogens is 639 g/mol. The van der Waals surface area contributed by atoms with Crippen molar-refractivity contribution in [2.45, 2.75) is 33.4 Å². The van der Waals surface area contributed by atoms with Crippen LogP contribution in [0, 0.1) is 5.41 Å². The maximum atomic E-state index is 13.9. The molecule has 1 atom stereocenters. The van der Waals surface area contributed by atoms with Crippen molar-refractivity contribution in [1.82, 2.24) is 15.2 Å². The number of nitrogens with zero attached hydrogens (tertiary/aromatic N) is 3. The standard InChI is InChI=1S/C36H34Cl2N4O5/c1-22-33(44)41(4)31-18-25(24-12-14-39-15-13-24)8-10-28(31)34(45)42(22)19-23-6-5-7-26(16-23)32(43)40-20-36(2,3)21-47-35(46)27-9-11-29(37)30(38)17-27/h5-18,22H,19-21H2,1-4H3,(H,40,43)/t22-/m1/s1. The third-order valence-corrected chi connectivity index (χ3v) is 8.78. The molecule has 0 unspecified atom stereocenters. The van der Waals surface area contributed by atoms with E-state index in [1.807, 2.05) is 44.2 Å². The van der Waals surface area contributed by atoms with Crippen molar-refractivity contribution in [2.75, 3.05) is 25.1 Å². The summed E-state index contributed by atoms with van der Waals surface area (Å²) in [6.07, 6.45) is 3.38. The topological polar surface area (TPSA) is 109 Å². The van der Waals surface area contributed by atoms with E-state index in [0.29, 0.717) is 27.4 Å². The van der Waals surface area contributed by atoms with Gasteiger partial charge in [0.05, 0.1) is 33.5 Å². The third kappa shape index (κ3) is 7.64. The molecule has 4 aromatic rings. The highest BCUT2D eigenvalue weighted by Crippen LogP contribution is 2.32. The predicted octanol–water partition coefficient (Wildman–Crippen LogP) is 6.68. The molecule has 2 heterocycles. The fraction of sp³-hybridized carbons (Fsp3) is 0.250. The van der Waals surface area contributed by atoms with E-state index in [-0.39, 0.29) is 48.0 Å². The zero-order valence-corrected chi connectivity index (χ0v) is 27.9. The Balaban J connectivity index is 1.25. The lowest BCUT2D eigenvalue weighted by Gasteiger charge is -2.27. The van der Waals surface area contributed by atoms with Crippen LogP contribution in [0.5, 0.6) is 0 Å². The molecule has 11 heteroatoms. The van der Waals surface area contributed by atoms with Crippen LogP contribution < -0.4 is 10.2 Å². The van der Waals surface area contributed by atoms with Gasteiger partial charge in [0, 0.05) is 43.5 Å². The Kier molecular flexibility index (Phi) is 9.98. The van der Waals surface area contributed by atoms with E-state index < -0.39 is 17.4 Å². The van der Waals surface area contributed by atoms with Crippen LogP contribution in [-0.2, 0) is 16.1 Å². The van der Waals surface area contributed by atoms with Crippen molar-refractivity contribution in [2.24, 2.45) is 5.41 Å². The zero-order valence-electron chi connectivity index (χ0n) is 26.4. The number of carbonyl (C=O) groups excluding carboxylic acids is 4. The molecule has 1 aromatic heterocycles. The van der Waals surface area contributed by atoms with Crippen LogP contribution in [0.1, 0.15) is 57.4 Å². The van der Waals surface area contributed by atoms with E-state index in [9.17, 15) is 19.2 Å². The minimum absolute atomic E-state index is 0.0509. The predicted molar refractivity (Wildman–Crippen MR) is 182 cm³/mol. The number of hydrogen-bond acceptors (Lipinski definition) is 6. The molecule has 0 radical (unpaired) electrons. The molecule has 0 bridgehead atoms. The van der Waals surface area contributed by atoms with Crippen LogP contribution in [0.25, 0.3) is 11.1 Å². The first-order valence-corrected chi connectivity index (χ1v) is 15.7. The molecule has 1 aliphatic heterocycles. The summed E-state index contributed by atoms with van der Waals surface area (Å²) in [4.78, 5) is 60.1. The number of amides is 3. The van der Waals surface area contributed by atoms with E-state index >= 15 is 0 Å². The number of halogens is 2. The Morgan fingerprint density at radius 2 is 1.66 bits per heavy atom. The lowest BCUT2D eigenvalue weighted by atomic mass is 9.94. The van der Waals surface area contributed by atoms with Gasteiger partial charge in [-0.3, -0.25) is 19.4 Å². The van der Waals surface area contributed by atoms with Crippen molar-refractivity contribution >= 4 is 52.6 Å². The minimum atomic E-state index is -0.742. The van der Waals surface area contributed by atoms with Gasteiger partial charge in [0.15, 0.2) is 0 Å². The molecule has 0 spiro atoms. The van der Waals surface area contributed by atoms with Gasteiger partial charge in [-0.05, 0) is 78.2 Å². The summed E-state index contributed by atoms with van der Waals surface area (Å²) in [6.45, 7) is 5.84. The number of pyridine rings is 1. The Morgan fingerprint density at radius 3 is 2.38 bits per heavy atom. The summed E-state index contributed by atoms with van der Waals surface area (Å²) in [5, 5.41) is 3.50. The maximum absolute atomic E-state index is 13.9. The minimum Gasteiger partial charge on any atom is -0.461 e. The van der Waals surface area contributed by atoms with Gasteiger partial charge in [0.2, 0.25) is 5.91 Å². The smallest absolute Gasteiger partial charge is 0.338 e. The van der Waals surface area contributed by atoms with Gasteiger partial charge in [-0.15, -0.1) is 0 Å². The molecule has 0 saturated heterocycles. The van der Waals surface area contributed by atoms with Crippen LogP contribution in [0.3, 0.4) is 0 Å². The Bertz CT molecular complexity index is 1850. The van der Waals surface area contributed by atoms with E-state index in [1.165, 1.54) is 28.0 Å². The van der Waals surface area contributed by atoms with E-state index in [1.54, 1.807) is 50.6 Å². The number of carbonyl (C=O) groups is 4. The first-order chi connectivity index (χ1) is 22.3. The average molecular weight is 674 g/mol. The molecule has 9 nitrogen and oxygen atoms in total. The molecule has 1 N–H and O–H groups in total. The zero-order chi connectivity index (χ0) is 33.9. The average Bonchev–Trinajstić information content (AvgIpc) is 3.14. The number of benzene rings is 3. The van der Waals surface area contributed by atoms with Crippen molar-refractivity contribution < 1.29 is 23.9 Å². The SMILES string of the molecule is C[C@@H]1C(=O)N(C)c2cc(-c3ccncc3)ccc2C(=O)N1Cc1cccc(C(=O)NCC(C)(C)COC(=O)c2ccc(Cl)c(Cl)c2)c1. The summed E-state index contributed by atoms with van der Waals surface area (Å²) in [5.74, 6) is -1.37. The van der Waals surface area contributed by atoms with Gasteiger partial charge in [0.1, 0.15) is 6.04 Å². The molecule has 1 aliphatic rings. The van der Waals surface area contributed by atoms with Gasteiger partial charge < -0.3 is 19.9 Å². The summed E-state index contributed by atoms with van der Waals surface area (Å²) in [6, 6.07) is 19.9. The number of nitrogens with one attached hydrogen (secondary N) is 1. The number of ether oxygens (including phenoxy) is 1. The lowest BCUT2D eigenvalue weighted by molar-refractivity contribution is -0.122. The highest BCUT2D eigenvalue weighted by Gasteiger charge is 2.36. The highest BCUT2D eigenvalue weighted by atomic mass is 35.5. The van der Waals surface area contributed by atoms with Gasteiger partial charge in [-0.1, -0.05) is 55.2 Å². The monoisotopic (exact) mass is 672 g/mol. The fourth-order valence-corrected chi connectivity index (χ4v) is 5.53. The number of rotatable bonds is 9. The molecule has 0 aliphatic carbocycles. The van der Waals surface area contributed by atoms with Crippen LogP contribution in [-0.4, -0.2) is 59.8 Å². The van der Waals surface area contributed by atoms with Crippen molar-refractivity contribution in [3.05, 3.63) is 117 Å². The second kappa shape index (κ2) is 13.9. The van der Waals surface area contributed by atoms with Crippen molar-refractivity contribution in [1.29, 1.82) is 0 Å². The molecule has 0 fully saturated rings. The summed E-state index contributed by atoms with van der Waals surface area (Å²) < 4.78 is 5.47. The van der Waals surface area contributed by atoms with Gasteiger partial charge in [-0.2, -0.15) is 0 Å². The molecule has 47 heavy (non-hydrogen) atoms. The summed E-state index contributed by atoms with van der Waals surface area (Å²) >= 11 is 11.9. The number of likely N-dealkylation sites (N-methyl/N-ethyl adjacent to an activating group) is 1. The third-order valence-electron chi connectivity index (χ3n) is 8.04. The maximum Gasteiger partial charge on any atom is 0.338 e. The van der Waals surface area contributed by atoms with Crippen LogP contribution >= 0.6 is 23.2 Å². The van der Waals surface area contributed by atoms with E-state index in [2.05, 4.69) is 10.3 Å².